The van der Waals surface area contributed by atoms with Gasteiger partial charge in [0.15, 0.2) is 5.78 Å². The molecule has 0 aromatic heterocycles. The van der Waals surface area contributed by atoms with Crippen LogP contribution in [0, 0.1) is 5.92 Å². The number of hydrogen-bond donors (Lipinski definition) is 1. The van der Waals surface area contributed by atoms with Crippen LogP contribution in [0.1, 0.15) is 6.42 Å². The van der Waals surface area contributed by atoms with Gasteiger partial charge in [0.1, 0.15) is 0 Å². The van der Waals surface area contributed by atoms with Crippen molar-refractivity contribution < 1.29 is 4.79 Å². The lowest BCUT2D eigenvalue weighted by Crippen LogP contribution is -2.38. The van der Waals surface area contributed by atoms with Crippen LogP contribution in [0.2, 0.25) is 0 Å². The minimum Gasteiger partial charge on any atom is -0.308 e. The molecule has 3 nitrogen and oxygen atoms in total. The van der Waals surface area contributed by atoms with E-state index in [1.807, 2.05) is 19.0 Å². The Labute approximate surface area is 79.8 Å². The van der Waals surface area contributed by atoms with Gasteiger partial charge in [-0.15, -0.1) is 6.58 Å². The zero-order valence-electron chi connectivity index (χ0n) is 8.34. The summed E-state index contributed by atoms with van der Waals surface area (Å²) in [5, 5.41) is 3.18. The first-order chi connectivity index (χ1) is 6.15. The summed E-state index contributed by atoms with van der Waals surface area (Å²) in [6, 6.07) is -0.0834. The second kappa shape index (κ2) is 4.53. The topological polar surface area (TPSA) is 32.3 Å². The molecule has 0 saturated carbocycles. The highest BCUT2D eigenvalue weighted by molar-refractivity contribution is 5.89. The molecular weight excluding hydrogens is 164 g/mol. The number of nitrogens with one attached hydrogen (secondary N) is 1. The Morgan fingerprint density at radius 2 is 2.46 bits per heavy atom. The van der Waals surface area contributed by atoms with E-state index in [-0.39, 0.29) is 11.8 Å². The largest absolute Gasteiger partial charge is 0.308 e. The summed E-state index contributed by atoms with van der Waals surface area (Å²) in [6.45, 7) is 5.34. The monoisotopic (exact) mass is 181 g/mol. The lowest BCUT2D eigenvalue weighted by molar-refractivity contribution is -0.118. The van der Waals surface area contributed by atoms with E-state index in [2.05, 4.69) is 11.9 Å². The Morgan fingerprint density at radius 1 is 1.77 bits per heavy atom. The summed E-state index contributed by atoms with van der Waals surface area (Å²) in [4.78, 5) is 13.5. The standard InChI is InChI=1S/C10H17N2O/c1-4-8(7-12(2)3)10-9(13)5-6-11-10/h4,10-11H,1,5-7H2,2-3H3. The zero-order chi connectivity index (χ0) is 9.84. The average Bonchev–Trinajstić information content (AvgIpc) is 2.47. The van der Waals surface area contributed by atoms with Gasteiger partial charge in [-0.3, -0.25) is 4.79 Å². The maximum absolute atomic E-state index is 11.4. The van der Waals surface area contributed by atoms with E-state index in [1.54, 1.807) is 6.08 Å². The molecule has 1 aliphatic heterocycles. The summed E-state index contributed by atoms with van der Waals surface area (Å²) >= 11 is 0. The molecule has 1 N–H and O–H groups in total. The highest BCUT2D eigenvalue weighted by atomic mass is 16.1. The molecule has 1 rings (SSSR count). The molecule has 73 valence electrons. The Bertz CT molecular complexity index is 201. The highest BCUT2D eigenvalue weighted by Gasteiger charge is 2.30. The summed E-state index contributed by atoms with van der Waals surface area (Å²) in [5.74, 6) is 1.37. The van der Waals surface area contributed by atoms with Crippen molar-refractivity contribution in [3.8, 4) is 0 Å². The Balaban J connectivity index is 2.54. The molecule has 3 heteroatoms. The first-order valence-electron chi connectivity index (χ1n) is 4.54. The predicted octanol–water partition coefficient (Wildman–Crippen LogP) is 0.239. The molecule has 1 fully saturated rings. The van der Waals surface area contributed by atoms with Crippen LogP contribution in [0.4, 0.5) is 0 Å². The van der Waals surface area contributed by atoms with Gasteiger partial charge in [-0.25, -0.2) is 0 Å². The van der Waals surface area contributed by atoms with Gasteiger partial charge in [-0.2, -0.15) is 0 Å². The average molecular weight is 181 g/mol. The molecule has 1 saturated heterocycles. The third-order valence-electron chi connectivity index (χ3n) is 2.17. The third-order valence-corrected chi connectivity index (χ3v) is 2.17. The fourth-order valence-corrected chi connectivity index (χ4v) is 1.57. The van der Waals surface area contributed by atoms with Gasteiger partial charge in [0.25, 0.3) is 0 Å². The van der Waals surface area contributed by atoms with Crippen molar-refractivity contribution in [1.82, 2.24) is 10.2 Å². The van der Waals surface area contributed by atoms with Gasteiger partial charge in [-0.05, 0) is 14.1 Å². The molecule has 1 unspecified atom stereocenters. The predicted molar refractivity (Wildman–Crippen MR) is 53.4 cm³/mol. The summed E-state index contributed by atoms with van der Waals surface area (Å²) in [5.41, 5.74) is 0. The van der Waals surface area contributed by atoms with Crippen molar-refractivity contribution in [3.63, 3.8) is 0 Å². The second-order valence-corrected chi connectivity index (χ2v) is 3.62. The van der Waals surface area contributed by atoms with Gasteiger partial charge in [0.05, 0.1) is 6.04 Å². The molecule has 0 aromatic rings. The Hall–Kier alpha value is -0.670. The summed E-state index contributed by atoms with van der Waals surface area (Å²) in [7, 11) is 3.98. The first-order valence-corrected chi connectivity index (χ1v) is 4.54. The van der Waals surface area contributed by atoms with Crippen molar-refractivity contribution in [3.05, 3.63) is 18.6 Å². The second-order valence-electron chi connectivity index (χ2n) is 3.62. The van der Waals surface area contributed by atoms with E-state index in [9.17, 15) is 4.79 Å². The molecule has 0 spiro atoms. The molecular formula is C10H17N2O. The summed E-state index contributed by atoms with van der Waals surface area (Å²) < 4.78 is 0. The molecule has 1 atom stereocenters. The first kappa shape index (κ1) is 10.4. The van der Waals surface area contributed by atoms with E-state index < -0.39 is 0 Å². The van der Waals surface area contributed by atoms with Crippen LogP contribution in [0.3, 0.4) is 0 Å². The fourth-order valence-electron chi connectivity index (χ4n) is 1.57. The number of carbonyl (C=O) groups excluding carboxylic acids is 1. The van der Waals surface area contributed by atoms with Crippen LogP contribution in [0.5, 0.6) is 0 Å². The lowest BCUT2D eigenvalue weighted by Gasteiger charge is -2.21. The number of Topliss-reactive ketones (excluding diaryl/α,β-unsaturated/α-hetero) is 1. The van der Waals surface area contributed by atoms with Crippen LogP contribution in [0.25, 0.3) is 0 Å². The minimum atomic E-state index is -0.0834. The SMILES string of the molecule is C=C[C](CN(C)C)C1NCCC1=O. The van der Waals surface area contributed by atoms with Crippen LogP contribution in [-0.4, -0.2) is 43.9 Å². The van der Waals surface area contributed by atoms with Crippen LogP contribution in [-0.2, 0) is 4.79 Å². The molecule has 1 aliphatic rings. The van der Waals surface area contributed by atoms with Gasteiger partial charge in [0.2, 0.25) is 0 Å². The Morgan fingerprint density at radius 3 is 2.85 bits per heavy atom. The van der Waals surface area contributed by atoms with E-state index in [4.69, 9.17) is 0 Å². The number of ketones is 1. The van der Waals surface area contributed by atoms with Gasteiger partial charge in [-0.1, -0.05) is 6.08 Å². The zero-order valence-corrected chi connectivity index (χ0v) is 8.34. The molecule has 0 aromatic carbocycles. The Kier molecular flexibility index (Phi) is 3.63. The normalized spacial score (nSPS) is 23.1. The number of rotatable bonds is 4. The van der Waals surface area contributed by atoms with Crippen LogP contribution < -0.4 is 5.32 Å². The fraction of sp³-hybridized carbons (Fsp3) is 0.600. The number of hydrogen-bond acceptors (Lipinski definition) is 3. The van der Waals surface area contributed by atoms with E-state index in [0.29, 0.717) is 6.42 Å². The maximum atomic E-state index is 11.4. The highest BCUT2D eigenvalue weighted by Crippen LogP contribution is 2.15. The maximum Gasteiger partial charge on any atom is 0.151 e. The minimum absolute atomic E-state index is 0.0834. The quantitative estimate of drug-likeness (QED) is 0.674. The molecule has 1 radical (unpaired) electrons. The van der Waals surface area contributed by atoms with Gasteiger partial charge in [0, 0.05) is 25.4 Å². The smallest absolute Gasteiger partial charge is 0.151 e. The third kappa shape index (κ3) is 2.64. The molecule has 0 amide bonds. The van der Waals surface area contributed by atoms with E-state index in [0.717, 1.165) is 19.0 Å². The molecule has 13 heavy (non-hydrogen) atoms. The van der Waals surface area contributed by atoms with Gasteiger partial charge < -0.3 is 10.2 Å². The lowest BCUT2D eigenvalue weighted by atomic mass is 9.97. The molecule has 0 bridgehead atoms. The van der Waals surface area contributed by atoms with Crippen molar-refractivity contribution >= 4 is 5.78 Å². The van der Waals surface area contributed by atoms with Crippen molar-refractivity contribution in [2.75, 3.05) is 27.2 Å². The number of nitrogens with zero attached hydrogens (tertiary/aromatic N) is 1. The van der Waals surface area contributed by atoms with Crippen molar-refractivity contribution in [2.45, 2.75) is 12.5 Å². The van der Waals surface area contributed by atoms with Crippen molar-refractivity contribution in [1.29, 1.82) is 0 Å². The van der Waals surface area contributed by atoms with Crippen LogP contribution in [0.15, 0.2) is 12.7 Å². The van der Waals surface area contributed by atoms with E-state index in [1.165, 1.54) is 0 Å². The van der Waals surface area contributed by atoms with Gasteiger partial charge >= 0.3 is 0 Å². The van der Waals surface area contributed by atoms with Crippen LogP contribution >= 0.6 is 0 Å². The number of carbonyl (C=O) groups is 1. The van der Waals surface area contributed by atoms with E-state index >= 15 is 0 Å². The molecule has 1 heterocycles. The summed E-state index contributed by atoms with van der Waals surface area (Å²) in [6.07, 6.45) is 2.44. The van der Waals surface area contributed by atoms with Crippen molar-refractivity contribution in [2.24, 2.45) is 0 Å². The molecule has 0 aliphatic carbocycles.